The molecule has 0 aromatic heterocycles. The van der Waals surface area contributed by atoms with Crippen LogP contribution in [0.2, 0.25) is 0 Å². The van der Waals surface area contributed by atoms with Crippen molar-refractivity contribution in [2.45, 2.75) is 30.7 Å². The maximum Gasteiger partial charge on any atom is 0.407 e. The van der Waals surface area contributed by atoms with Crippen LogP contribution in [0.5, 0.6) is 0 Å². The third kappa shape index (κ3) is 3.01. The Bertz CT molecular complexity index is 815. The van der Waals surface area contributed by atoms with E-state index in [0.29, 0.717) is 18.4 Å². The zero-order chi connectivity index (χ0) is 17.7. The molecule has 1 amide bonds. The van der Waals surface area contributed by atoms with Crippen LogP contribution in [-0.2, 0) is 0 Å². The molecule has 1 saturated heterocycles. The Morgan fingerprint density at radius 3 is 2.04 bits per heavy atom. The highest BCUT2D eigenvalue weighted by molar-refractivity contribution is 5.85. The van der Waals surface area contributed by atoms with E-state index in [4.69, 9.17) is 0 Å². The minimum atomic E-state index is -0.756. The molecule has 0 unspecified atom stereocenters. The number of fused-ring (bicyclic) bond motifs is 3. The van der Waals surface area contributed by atoms with Gasteiger partial charge in [0.05, 0.1) is 0 Å². The number of benzene rings is 2. The van der Waals surface area contributed by atoms with Crippen LogP contribution >= 0.6 is 12.4 Å². The molecule has 2 N–H and O–H groups in total. The van der Waals surface area contributed by atoms with Gasteiger partial charge in [0, 0.05) is 37.0 Å². The number of carbonyl (C=O) groups is 1. The lowest BCUT2D eigenvalue weighted by Gasteiger charge is -2.37. The summed E-state index contributed by atoms with van der Waals surface area (Å²) >= 11 is 0. The van der Waals surface area contributed by atoms with E-state index in [1.165, 1.54) is 22.3 Å². The van der Waals surface area contributed by atoms with Gasteiger partial charge in [-0.05, 0) is 41.5 Å². The summed E-state index contributed by atoms with van der Waals surface area (Å²) in [6.07, 6.45) is 2.11. The third-order valence-corrected chi connectivity index (χ3v) is 6.48. The summed E-state index contributed by atoms with van der Waals surface area (Å²) in [5.74, 6) is 0.762. The van der Waals surface area contributed by atoms with Crippen molar-refractivity contribution in [2.75, 3.05) is 19.6 Å². The highest BCUT2D eigenvalue weighted by atomic mass is 35.5. The summed E-state index contributed by atoms with van der Waals surface area (Å²) in [7, 11) is 0. The van der Waals surface area contributed by atoms with Gasteiger partial charge < -0.3 is 15.3 Å². The Balaban J connectivity index is 0.00000180. The first kappa shape index (κ1) is 18.3. The van der Waals surface area contributed by atoms with E-state index in [0.717, 1.165) is 32.4 Å². The molecular formula is C22H25ClN2O2. The number of hydrogen-bond donors (Lipinski definition) is 2. The molecule has 0 spiro atoms. The third-order valence-electron chi connectivity index (χ3n) is 6.48. The number of halogens is 1. The van der Waals surface area contributed by atoms with Crippen LogP contribution in [0.25, 0.3) is 11.1 Å². The monoisotopic (exact) mass is 384 g/mol. The summed E-state index contributed by atoms with van der Waals surface area (Å²) in [6.45, 7) is 2.54. The number of amides is 1. The Kier molecular flexibility index (Phi) is 4.65. The van der Waals surface area contributed by atoms with Gasteiger partial charge in [0.1, 0.15) is 0 Å². The number of nitrogens with zero attached hydrogens (tertiary/aromatic N) is 1. The standard InChI is InChI=1S/C22H24N2O2.ClH/c25-21(26)24(14-15-12-23-13-15)22(9-10-22)11-20-18-7-3-1-5-16(18)17-6-2-4-8-19(17)20;/h1-8,15,20,23H,9-14H2,(H,25,26);1H. The van der Waals surface area contributed by atoms with Crippen molar-refractivity contribution in [1.29, 1.82) is 0 Å². The molecule has 0 bridgehead atoms. The smallest absolute Gasteiger partial charge is 0.407 e. The van der Waals surface area contributed by atoms with Gasteiger partial charge >= 0.3 is 6.09 Å². The highest BCUT2D eigenvalue weighted by Gasteiger charge is 2.53. The summed E-state index contributed by atoms with van der Waals surface area (Å²) in [4.78, 5) is 13.8. The van der Waals surface area contributed by atoms with Crippen molar-refractivity contribution in [1.82, 2.24) is 10.2 Å². The second kappa shape index (κ2) is 6.84. The van der Waals surface area contributed by atoms with Crippen LogP contribution in [0.4, 0.5) is 4.79 Å². The van der Waals surface area contributed by atoms with Crippen molar-refractivity contribution in [3.8, 4) is 11.1 Å². The fourth-order valence-corrected chi connectivity index (χ4v) is 4.80. The van der Waals surface area contributed by atoms with Gasteiger partial charge in [0.2, 0.25) is 0 Å². The molecule has 0 atom stereocenters. The molecule has 2 aromatic rings. The largest absolute Gasteiger partial charge is 0.465 e. The number of rotatable bonds is 5. The zero-order valence-corrected chi connectivity index (χ0v) is 16.0. The van der Waals surface area contributed by atoms with Crippen molar-refractivity contribution >= 4 is 18.5 Å². The second-order valence-electron chi connectivity index (χ2n) is 8.07. The summed E-state index contributed by atoms with van der Waals surface area (Å²) in [5.41, 5.74) is 5.16. The SMILES string of the molecule is Cl.O=C(O)N(CC1CNC1)C1(CC2c3ccccc3-c3ccccc32)CC1. The van der Waals surface area contributed by atoms with Crippen LogP contribution < -0.4 is 5.32 Å². The van der Waals surface area contributed by atoms with Gasteiger partial charge in [-0.3, -0.25) is 0 Å². The van der Waals surface area contributed by atoms with E-state index >= 15 is 0 Å². The normalized spacial score (nSPS) is 19.4. The molecule has 0 radical (unpaired) electrons. The predicted octanol–water partition coefficient (Wildman–Crippen LogP) is 4.34. The van der Waals surface area contributed by atoms with Gasteiger partial charge in [0.25, 0.3) is 0 Å². The fraction of sp³-hybridized carbons (Fsp3) is 0.409. The molecule has 1 heterocycles. The number of hydrogen-bond acceptors (Lipinski definition) is 2. The molecule has 2 aliphatic carbocycles. The zero-order valence-electron chi connectivity index (χ0n) is 15.2. The van der Waals surface area contributed by atoms with Gasteiger partial charge in [0.15, 0.2) is 0 Å². The van der Waals surface area contributed by atoms with Crippen molar-refractivity contribution in [3.63, 3.8) is 0 Å². The quantitative estimate of drug-likeness (QED) is 0.806. The van der Waals surface area contributed by atoms with Gasteiger partial charge in [-0.2, -0.15) is 0 Å². The average Bonchev–Trinajstić information content (AvgIpc) is 3.32. The molecule has 1 saturated carbocycles. The lowest BCUT2D eigenvalue weighted by molar-refractivity contribution is 0.0928. The Morgan fingerprint density at radius 1 is 1.04 bits per heavy atom. The number of carboxylic acid groups (broad SMARTS) is 1. The first-order valence-corrected chi connectivity index (χ1v) is 9.57. The van der Waals surface area contributed by atoms with E-state index in [2.05, 4.69) is 53.8 Å². The van der Waals surface area contributed by atoms with E-state index < -0.39 is 6.09 Å². The molecule has 142 valence electrons. The van der Waals surface area contributed by atoms with E-state index in [1.54, 1.807) is 4.90 Å². The van der Waals surface area contributed by atoms with Gasteiger partial charge in [-0.15, -0.1) is 12.4 Å². The Labute approximate surface area is 166 Å². The highest BCUT2D eigenvalue weighted by Crippen LogP contribution is 2.55. The molecule has 27 heavy (non-hydrogen) atoms. The first-order valence-electron chi connectivity index (χ1n) is 9.57. The lowest BCUT2D eigenvalue weighted by Crippen LogP contribution is -2.53. The minimum Gasteiger partial charge on any atom is -0.465 e. The fourth-order valence-electron chi connectivity index (χ4n) is 4.80. The maximum atomic E-state index is 12.0. The summed E-state index contributed by atoms with van der Waals surface area (Å²) in [6, 6.07) is 17.2. The predicted molar refractivity (Wildman–Crippen MR) is 109 cm³/mol. The maximum absolute atomic E-state index is 12.0. The number of nitrogens with one attached hydrogen (secondary N) is 1. The van der Waals surface area contributed by atoms with Crippen molar-refractivity contribution in [2.24, 2.45) is 5.92 Å². The van der Waals surface area contributed by atoms with Gasteiger partial charge in [-0.1, -0.05) is 48.5 Å². The molecule has 3 aliphatic rings. The van der Waals surface area contributed by atoms with Crippen LogP contribution in [0.1, 0.15) is 36.3 Å². The molecule has 5 heteroatoms. The lowest BCUT2D eigenvalue weighted by atomic mass is 9.88. The van der Waals surface area contributed by atoms with Crippen LogP contribution in [-0.4, -0.2) is 41.3 Å². The molecule has 2 fully saturated rings. The minimum absolute atomic E-state index is 0. The van der Waals surface area contributed by atoms with Gasteiger partial charge in [-0.25, -0.2) is 4.79 Å². The molecular weight excluding hydrogens is 360 g/mol. The molecule has 4 nitrogen and oxygen atoms in total. The molecule has 1 aliphatic heterocycles. The van der Waals surface area contributed by atoms with Crippen molar-refractivity contribution < 1.29 is 9.90 Å². The van der Waals surface area contributed by atoms with E-state index in [1.807, 2.05) is 0 Å². The van der Waals surface area contributed by atoms with Crippen LogP contribution in [0.15, 0.2) is 48.5 Å². The van der Waals surface area contributed by atoms with E-state index in [-0.39, 0.29) is 17.9 Å². The topological polar surface area (TPSA) is 52.6 Å². The summed E-state index contributed by atoms with van der Waals surface area (Å²) < 4.78 is 0. The van der Waals surface area contributed by atoms with Crippen LogP contribution in [0.3, 0.4) is 0 Å². The molecule has 5 rings (SSSR count). The second-order valence-corrected chi connectivity index (χ2v) is 8.07. The Hall–Kier alpha value is -2.04. The first-order chi connectivity index (χ1) is 12.7. The summed E-state index contributed by atoms with van der Waals surface area (Å²) in [5, 5.41) is 13.1. The average molecular weight is 385 g/mol. The molecule has 2 aromatic carbocycles. The van der Waals surface area contributed by atoms with Crippen LogP contribution in [0, 0.1) is 5.92 Å². The van der Waals surface area contributed by atoms with E-state index in [9.17, 15) is 9.90 Å². The van der Waals surface area contributed by atoms with Crippen molar-refractivity contribution in [3.05, 3.63) is 59.7 Å². The Morgan fingerprint density at radius 2 is 1.59 bits per heavy atom.